The molecule has 0 aromatic carbocycles. The first kappa shape index (κ1) is 36.3. The van der Waals surface area contributed by atoms with Crippen LogP contribution in [-0.2, 0) is 23.7 Å². The van der Waals surface area contributed by atoms with E-state index in [-0.39, 0.29) is 30.0 Å². The van der Waals surface area contributed by atoms with Gasteiger partial charge < -0.3 is 44.1 Å². The minimum absolute atomic E-state index is 0.0475. The second-order valence-electron chi connectivity index (χ2n) is 13.8. The minimum Gasteiger partial charge on any atom is -0.459 e. The third-order valence-electron chi connectivity index (χ3n) is 9.42. The largest absolute Gasteiger partial charge is 0.459 e. The predicted octanol–water partition coefficient (Wildman–Crippen LogP) is 2.66. The van der Waals surface area contributed by atoms with Crippen LogP contribution in [0.5, 0.6) is 0 Å². The van der Waals surface area contributed by atoms with Gasteiger partial charge in [-0.15, -0.1) is 0 Å². The van der Waals surface area contributed by atoms with Crippen molar-refractivity contribution in [1.29, 1.82) is 0 Å². The molecule has 2 rings (SSSR count). The highest BCUT2D eigenvalue weighted by Crippen LogP contribution is 2.36. The number of methoxy groups -OCH3 is 1. The van der Waals surface area contributed by atoms with Crippen molar-refractivity contribution in [2.45, 2.75) is 141 Å². The van der Waals surface area contributed by atoms with E-state index in [1.165, 1.54) is 0 Å². The van der Waals surface area contributed by atoms with Gasteiger partial charge in [0.1, 0.15) is 23.9 Å². The normalized spacial score (nSPS) is 46.5. The number of nitrogens with zero attached hydrogens (tertiary/aromatic N) is 2. The number of aliphatic hydroxyl groups excluding tert-OH is 1. The van der Waals surface area contributed by atoms with Crippen LogP contribution in [0.4, 0.5) is 0 Å². The first-order chi connectivity index (χ1) is 18.9. The second kappa shape index (κ2) is 14.8. The van der Waals surface area contributed by atoms with Gasteiger partial charge in [-0.05, 0) is 86.4 Å². The molecule has 0 saturated carbocycles. The molecule has 2 heterocycles. The van der Waals surface area contributed by atoms with Crippen LogP contribution in [0.3, 0.4) is 0 Å². The molecule has 0 unspecified atom stereocenters. The lowest BCUT2D eigenvalue weighted by molar-refractivity contribution is -0.295. The van der Waals surface area contributed by atoms with Crippen LogP contribution in [0.1, 0.15) is 81.1 Å². The van der Waals surface area contributed by atoms with E-state index < -0.39 is 53.8 Å². The van der Waals surface area contributed by atoms with E-state index >= 15 is 0 Å². The van der Waals surface area contributed by atoms with Crippen LogP contribution in [0, 0.1) is 17.8 Å². The molecule has 0 radical (unpaired) electrons. The monoisotopic (exact) mass is 588 g/mol. The van der Waals surface area contributed by atoms with E-state index in [9.17, 15) is 20.1 Å². The van der Waals surface area contributed by atoms with Crippen molar-refractivity contribution >= 4 is 5.97 Å². The summed E-state index contributed by atoms with van der Waals surface area (Å²) in [4.78, 5) is 17.4. The van der Waals surface area contributed by atoms with Gasteiger partial charge in [0.2, 0.25) is 0 Å². The van der Waals surface area contributed by atoms with E-state index in [1.54, 1.807) is 27.9 Å². The summed E-state index contributed by atoms with van der Waals surface area (Å²) < 4.78 is 24.4. The molecule has 10 heteroatoms. The molecule has 2 aliphatic rings. The lowest BCUT2D eigenvalue weighted by atomic mass is 9.79. The first-order valence-corrected chi connectivity index (χ1v) is 15.4. The fourth-order valence-corrected chi connectivity index (χ4v) is 7.22. The molecular weight excluding hydrogens is 528 g/mol. The van der Waals surface area contributed by atoms with E-state index in [2.05, 4.69) is 11.8 Å². The molecule has 2 aliphatic heterocycles. The maximum absolute atomic E-state index is 13.4. The van der Waals surface area contributed by atoms with Crippen LogP contribution in [0.15, 0.2) is 0 Å². The summed E-state index contributed by atoms with van der Waals surface area (Å²) in [5.74, 6) is -1.17. The summed E-state index contributed by atoms with van der Waals surface area (Å²) in [5, 5.41) is 34.8. The molecule has 0 aromatic rings. The van der Waals surface area contributed by atoms with Crippen LogP contribution in [0.2, 0.25) is 0 Å². The summed E-state index contributed by atoms with van der Waals surface area (Å²) in [6.07, 6.45) is -2.17. The van der Waals surface area contributed by atoms with Crippen LogP contribution < -0.4 is 0 Å². The molecule has 0 aliphatic carbocycles. The summed E-state index contributed by atoms with van der Waals surface area (Å²) in [7, 11) is 7.38. The Balaban J connectivity index is 2.48. The number of hydrogen-bond acceptors (Lipinski definition) is 10. The Labute approximate surface area is 248 Å². The average Bonchev–Trinajstić information content (AvgIpc) is 2.85. The van der Waals surface area contributed by atoms with Gasteiger partial charge in [0.15, 0.2) is 6.29 Å². The number of esters is 1. The number of carbonyl (C=O) groups is 1. The Morgan fingerprint density at radius 3 is 2.22 bits per heavy atom. The Morgan fingerprint density at radius 2 is 1.68 bits per heavy atom. The zero-order valence-electron chi connectivity index (χ0n) is 27.7. The van der Waals surface area contributed by atoms with E-state index in [1.807, 2.05) is 53.7 Å². The summed E-state index contributed by atoms with van der Waals surface area (Å²) in [6, 6.07) is -0.361. The van der Waals surface area contributed by atoms with Crippen LogP contribution in [-0.4, -0.2) is 126 Å². The Morgan fingerprint density at radius 1 is 1.07 bits per heavy atom. The van der Waals surface area contributed by atoms with Gasteiger partial charge in [0.25, 0.3) is 0 Å². The van der Waals surface area contributed by atoms with Crippen molar-refractivity contribution < 1.29 is 39.1 Å². The quantitative estimate of drug-likeness (QED) is 0.414. The van der Waals surface area contributed by atoms with Gasteiger partial charge >= 0.3 is 5.97 Å². The van der Waals surface area contributed by atoms with Gasteiger partial charge in [0.05, 0.1) is 23.7 Å². The van der Waals surface area contributed by atoms with Crippen molar-refractivity contribution in [2.75, 3.05) is 34.8 Å². The van der Waals surface area contributed by atoms with Gasteiger partial charge in [-0.3, -0.25) is 4.79 Å². The van der Waals surface area contributed by atoms with E-state index in [0.717, 1.165) is 0 Å². The number of cyclic esters (lactones) is 1. The third kappa shape index (κ3) is 8.85. The fraction of sp³-hybridized carbons (Fsp3) is 0.968. The maximum Gasteiger partial charge on any atom is 0.309 e. The average molecular weight is 589 g/mol. The smallest absolute Gasteiger partial charge is 0.309 e. The number of carbonyl (C=O) groups excluding carboxylic acids is 1. The van der Waals surface area contributed by atoms with Crippen molar-refractivity contribution in [2.24, 2.45) is 17.8 Å². The van der Waals surface area contributed by atoms with Crippen molar-refractivity contribution in [3.63, 3.8) is 0 Å². The molecule has 13 atom stereocenters. The zero-order valence-corrected chi connectivity index (χ0v) is 27.7. The summed E-state index contributed by atoms with van der Waals surface area (Å²) in [6.45, 7) is 15.7. The molecule has 41 heavy (non-hydrogen) atoms. The van der Waals surface area contributed by atoms with Crippen LogP contribution >= 0.6 is 0 Å². The third-order valence-corrected chi connectivity index (χ3v) is 9.42. The van der Waals surface area contributed by atoms with Crippen molar-refractivity contribution in [3.8, 4) is 0 Å². The Hall–Kier alpha value is -0.850. The predicted molar refractivity (Wildman–Crippen MR) is 158 cm³/mol. The molecule has 2 fully saturated rings. The number of ether oxygens (including phenoxy) is 4. The highest BCUT2D eigenvalue weighted by Gasteiger charge is 2.48. The highest BCUT2D eigenvalue weighted by atomic mass is 16.7. The maximum atomic E-state index is 13.4. The summed E-state index contributed by atoms with van der Waals surface area (Å²) in [5.41, 5.74) is -2.71. The molecule has 0 spiro atoms. The lowest BCUT2D eigenvalue weighted by Crippen LogP contribution is -2.59. The van der Waals surface area contributed by atoms with E-state index in [4.69, 9.17) is 18.9 Å². The Kier molecular flexibility index (Phi) is 13.1. The molecule has 0 aromatic heterocycles. The molecule has 242 valence electrons. The number of likely N-dealkylation sites (N-methyl/N-ethyl adjacent to an activating group) is 2. The topological polar surface area (TPSA) is 121 Å². The SMILES string of the molecule is CC[C@H]1OC(=O)[C@H](C)C[C@H](C)[C@@H](O[C@@H]2O[C@H](C)C[C@H](N(C)C)[C@H]2O)[C@](C)(O)C[C@@H](C)CN(C)[C@H](C)[C@@H](OC)[C@]1(C)O. The first-order valence-electron chi connectivity index (χ1n) is 15.4. The Bertz CT molecular complexity index is 824. The molecule has 0 bridgehead atoms. The van der Waals surface area contributed by atoms with Gasteiger partial charge in [0, 0.05) is 25.7 Å². The minimum atomic E-state index is -1.42. The number of hydrogen-bond donors (Lipinski definition) is 3. The molecular formula is C31H60N2O8. The second-order valence-corrected chi connectivity index (χ2v) is 13.8. The zero-order chi connectivity index (χ0) is 31.4. The van der Waals surface area contributed by atoms with E-state index in [0.29, 0.717) is 32.2 Å². The molecule has 3 N–H and O–H groups in total. The molecule has 2 saturated heterocycles. The van der Waals surface area contributed by atoms with Gasteiger partial charge in [-0.25, -0.2) is 0 Å². The van der Waals surface area contributed by atoms with Crippen molar-refractivity contribution in [3.05, 3.63) is 0 Å². The van der Waals surface area contributed by atoms with Crippen LogP contribution in [0.25, 0.3) is 0 Å². The van der Waals surface area contributed by atoms with Crippen molar-refractivity contribution in [1.82, 2.24) is 9.80 Å². The number of aliphatic hydroxyl groups is 3. The highest BCUT2D eigenvalue weighted by molar-refractivity contribution is 5.72. The molecule has 0 amide bonds. The molecule has 10 nitrogen and oxygen atoms in total. The lowest BCUT2D eigenvalue weighted by Gasteiger charge is -2.46. The summed E-state index contributed by atoms with van der Waals surface area (Å²) >= 11 is 0. The van der Waals surface area contributed by atoms with Gasteiger partial charge in [-0.2, -0.15) is 0 Å². The standard InChI is InChI=1S/C31H60N2O8/c1-13-24-31(8,37)27(38-12)22(6)33(11)17-18(2)16-30(7,36)26(19(3)14-20(4)28(35)40-24)41-29-25(34)23(32(9)10)15-21(5)39-29/h18-27,29,34,36-37H,13-17H2,1-12H3/t18-,19+,20-,21-,22-,23+,24-,25-,26-,27-,29+,30-,31-/m1/s1. The van der Waals surface area contributed by atoms with Gasteiger partial charge in [-0.1, -0.05) is 27.7 Å². The fourth-order valence-electron chi connectivity index (χ4n) is 7.22. The number of rotatable bonds is 5.